The number of rotatable bonds is 6. The van der Waals surface area contributed by atoms with Gasteiger partial charge >= 0.3 is 0 Å². The average Bonchev–Trinajstić information content (AvgIpc) is 2.61. The number of amides is 2. The summed E-state index contributed by atoms with van der Waals surface area (Å²) in [5, 5.41) is 4.91. The van der Waals surface area contributed by atoms with Crippen molar-refractivity contribution in [2.75, 3.05) is 0 Å². The maximum Gasteiger partial charge on any atom is 0.257 e. The third kappa shape index (κ3) is 4.88. The van der Waals surface area contributed by atoms with Crippen LogP contribution >= 0.6 is 0 Å². The summed E-state index contributed by atoms with van der Waals surface area (Å²) in [6, 6.07) is 4.43. The molecule has 2 rings (SSSR count). The molecule has 8 heteroatoms. The van der Waals surface area contributed by atoms with Crippen molar-refractivity contribution in [2.24, 2.45) is 5.92 Å². The summed E-state index contributed by atoms with van der Waals surface area (Å²) in [4.78, 5) is 24.9. The lowest BCUT2D eigenvalue weighted by Crippen LogP contribution is -2.50. The Bertz CT molecular complexity index is 866. The molecule has 0 radical (unpaired) electrons. The Morgan fingerprint density at radius 3 is 1.96 bits per heavy atom. The van der Waals surface area contributed by atoms with Crippen LogP contribution in [0.4, 0.5) is 17.6 Å². The third-order valence-electron chi connectivity index (χ3n) is 4.23. The van der Waals surface area contributed by atoms with Crippen LogP contribution in [0.3, 0.4) is 0 Å². The molecule has 0 heterocycles. The Hall–Kier alpha value is -2.90. The monoisotopic (exact) mass is 396 g/mol. The molecule has 2 atom stereocenters. The standard InChI is InChI=1S/C20H20F4N2O2/c1-10(2)18(26-19(27)17-14(22)5-4-6-15(17)23)20(28)25-11(3)12-7-8-13(21)16(24)9-12/h4-11,18H,1-3H3,(H,25,28)(H,26,27). The molecule has 2 aromatic rings. The lowest BCUT2D eigenvalue weighted by Gasteiger charge is -2.24. The summed E-state index contributed by atoms with van der Waals surface area (Å²) < 4.78 is 54.0. The van der Waals surface area contributed by atoms with E-state index >= 15 is 0 Å². The lowest BCUT2D eigenvalue weighted by molar-refractivity contribution is -0.124. The van der Waals surface area contributed by atoms with Crippen LogP contribution < -0.4 is 10.6 Å². The number of hydrogen-bond donors (Lipinski definition) is 2. The second-order valence-corrected chi connectivity index (χ2v) is 6.70. The van der Waals surface area contributed by atoms with Crippen molar-refractivity contribution in [3.05, 3.63) is 70.8 Å². The van der Waals surface area contributed by atoms with E-state index in [0.29, 0.717) is 5.56 Å². The molecule has 0 aliphatic rings. The van der Waals surface area contributed by atoms with E-state index in [1.165, 1.54) is 6.07 Å². The molecule has 0 saturated carbocycles. The zero-order valence-electron chi connectivity index (χ0n) is 15.5. The van der Waals surface area contributed by atoms with E-state index in [2.05, 4.69) is 10.6 Å². The molecule has 0 saturated heterocycles. The molecular formula is C20H20F4N2O2. The summed E-state index contributed by atoms with van der Waals surface area (Å²) in [7, 11) is 0. The van der Waals surface area contributed by atoms with Gasteiger partial charge in [-0.05, 0) is 42.7 Å². The van der Waals surface area contributed by atoms with Crippen LogP contribution in [0, 0.1) is 29.2 Å². The first-order valence-electron chi connectivity index (χ1n) is 8.62. The smallest absolute Gasteiger partial charge is 0.257 e. The minimum atomic E-state index is -1.10. The molecule has 2 aromatic carbocycles. The highest BCUT2D eigenvalue weighted by molar-refractivity contribution is 5.98. The zero-order valence-corrected chi connectivity index (χ0v) is 15.5. The fourth-order valence-electron chi connectivity index (χ4n) is 2.63. The van der Waals surface area contributed by atoms with Crippen LogP contribution in [0.5, 0.6) is 0 Å². The number of carbonyl (C=O) groups excluding carboxylic acids is 2. The summed E-state index contributed by atoms with van der Waals surface area (Å²) >= 11 is 0. The Morgan fingerprint density at radius 2 is 1.43 bits per heavy atom. The zero-order chi connectivity index (χ0) is 21.0. The highest BCUT2D eigenvalue weighted by Crippen LogP contribution is 2.17. The molecule has 4 nitrogen and oxygen atoms in total. The summed E-state index contributed by atoms with van der Waals surface area (Å²) in [6.45, 7) is 4.84. The number of nitrogens with one attached hydrogen (secondary N) is 2. The van der Waals surface area contributed by atoms with Gasteiger partial charge in [0, 0.05) is 0 Å². The minimum absolute atomic E-state index is 0.321. The Labute approximate surface area is 159 Å². The van der Waals surface area contributed by atoms with Gasteiger partial charge in [-0.3, -0.25) is 9.59 Å². The van der Waals surface area contributed by atoms with E-state index in [4.69, 9.17) is 0 Å². The van der Waals surface area contributed by atoms with Crippen molar-refractivity contribution in [1.82, 2.24) is 10.6 Å². The van der Waals surface area contributed by atoms with Crippen LogP contribution in [-0.4, -0.2) is 17.9 Å². The van der Waals surface area contributed by atoms with Crippen molar-refractivity contribution in [1.29, 1.82) is 0 Å². The predicted molar refractivity (Wildman–Crippen MR) is 95.4 cm³/mol. The Balaban J connectivity index is 2.15. The van der Waals surface area contributed by atoms with Crippen LogP contribution in [0.25, 0.3) is 0 Å². The predicted octanol–water partition coefficient (Wildman–Crippen LogP) is 3.87. The first kappa shape index (κ1) is 21.4. The van der Waals surface area contributed by atoms with Crippen molar-refractivity contribution in [2.45, 2.75) is 32.9 Å². The highest BCUT2D eigenvalue weighted by atomic mass is 19.2. The molecule has 150 valence electrons. The van der Waals surface area contributed by atoms with Crippen LogP contribution in [0.2, 0.25) is 0 Å². The van der Waals surface area contributed by atoms with Crippen molar-refractivity contribution in [3.63, 3.8) is 0 Å². The lowest BCUT2D eigenvalue weighted by atomic mass is 10.0. The van der Waals surface area contributed by atoms with Gasteiger partial charge in [-0.2, -0.15) is 0 Å². The van der Waals surface area contributed by atoms with Crippen molar-refractivity contribution in [3.8, 4) is 0 Å². The van der Waals surface area contributed by atoms with Gasteiger partial charge < -0.3 is 10.6 Å². The second-order valence-electron chi connectivity index (χ2n) is 6.70. The van der Waals surface area contributed by atoms with E-state index in [9.17, 15) is 27.2 Å². The van der Waals surface area contributed by atoms with E-state index < -0.39 is 58.6 Å². The van der Waals surface area contributed by atoms with Gasteiger partial charge in [-0.15, -0.1) is 0 Å². The van der Waals surface area contributed by atoms with E-state index in [1.807, 2.05) is 0 Å². The number of hydrogen-bond acceptors (Lipinski definition) is 2. The molecule has 0 fully saturated rings. The Kier molecular flexibility index (Phi) is 6.77. The molecule has 2 N–H and O–H groups in total. The third-order valence-corrected chi connectivity index (χ3v) is 4.23. The molecule has 2 amide bonds. The summed E-state index contributed by atoms with van der Waals surface area (Å²) in [5.41, 5.74) is -0.462. The normalized spacial score (nSPS) is 13.1. The average molecular weight is 396 g/mol. The van der Waals surface area contributed by atoms with Gasteiger partial charge in [0.15, 0.2) is 11.6 Å². The second kappa shape index (κ2) is 8.86. The van der Waals surface area contributed by atoms with Gasteiger partial charge in [0.25, 0.3) is 5.91 Å². The van der Waals surface area contributed by atoms with Gasteiger partial charge in [0.2, 0.25) is 5.91 Å². The topological polar surface area (TPSA) is 58.2 Å². The quantitative estimate of drug-likeness (QED) is 0.729. The van der Waals surface area contributed by atoms with E-state index in [-0.39, 0.29) is 0 Å². The molecular weight excluding hydrogens is 376 g/mol. The van der Waals surface area contributed by atoms with Crippen LogP contribution in [0.1, 0.15) is 42.7 Å². The largest absolute Gasteiger partial charge is 0.348 e. The molecule has 2 unspecified atom stereocenters. The molecule has 0 spiro atoms. The highest BCUT2D eigenvalue weighted by Gasteiger charge is 2.28. The van der Waals surface area contributed by atoms with Gasteiger partial charge in [0.1, 0.15) is 23.2 Å². The minimum Gasteiger partial charge on any atom is -0.348 e. The number of halogens is 4. The van der Waals surface area contributed by atoms with Crippen LogP contribution in [-0.2, 0) is 4.79 Å². The molecule has 0 aromatic heterocycles. The Morgan fingerprint density at radius 1 is 0.821 bits per heavy atom. The fraction of sp³-hybridized carbons (Fsp3) is 0.300. The maximum absolute atomic E-state index is 13.8. The van der Waals surface area contributed by atoms with Gasteiger partial charge in [0.05, 0.1) is 6.04 Å². The summed E-state index contributed by atoms with van der Waals surface area (Å²) in [6.07, 6.45) is 0. The van der Waals surface area contributed by atoms with Crippen LogP contribution in [0.15, 0.2) is 36.4 Å². The van der Waals surface area contributed by atoms with E-state index in [0.717, 1.165) is 30.3 Å². The van der Waals surface area contributed by atoms with E-state index in [1.54, 1.807) is 20.8 Å². The first-order chi connectivity index (χ1) is 13.1. The van der Waals surface area contributed by atoms with Crippen molar-refractivity contribution < 1.29 is 27.2 Å². The fourth-order valence-corrected chi connectivity index (χ4v) is 2.63. The first-order valence-corrected chi connectivity index (χ1v) is 8.62. The molecule has 28 heavy (non-hydrogen) atoms. The van der Waals surface area contributed by atoms with Gasteiger partial charge in [-0.1, -0.05) is 26.0 Å². The SMILES string of the molecule is CC(NC(=O)C(NC(=O)c1c(F)cccc1F)C(C)C)c1ccc(F)c(F)c1. The number of carbonyl (C=O) groups is 2. The summed E-state index contributed by atoms with van der Waals surface area (Å²) in [5.74, 6) is -6.26. The van der Waals surface area contributed by atoms with Crippen molar-refractivity contribution >= 4 is 11.8 Å². The molecule has 0 aliphatic heterocycles. The molecule has 0 bridgehead atoms. The number of benzene rings is 2. The molecule has 0 aliphatic carbocycles. The van der Waals surface area contributed by atoms with Gasteiger partial charge in [-0.25, -0.2) is 17.6 Å². The maximum atomic E-state index is 13.8.